The highest BCUT2D eigenvalue weighted by Crippen LogP contribution is 2.43. The molecule has 1 fully saturated rings. The summed E-state index contributed by atoms with van der Waals surface area (Å²) >= 11 is 0. The van der Waals surface area contributed by atoms with E-state index in [1.807, 2.05) is 18.2 Å². The standard InChI is InChI=1S/C17H15BO/c1-3-14(12-7-8-12)17-15(19-18)10-9-13-6-4-5-11(2)16(13)17/h3-6,9-10H,1,7-8H2,2H3. The molecule has 0 unspecified atom stereocenters. The molecule has 0 heterocycles. The monoisotopic (exact) mass is 246 g/mol. The molecule has 0 aliphatic heterocycles. The second-order valence-electron chi connectivity index (χ2n) is 4.95. The molecule has 2 heteroatoms. The number of aryl methyl sites for hydroxylation is 1. The average Bonchev–Trinajstić information content (AvgIpc) is 3.24. The highest BCUT2D eigenvalue weighted by molar-refractivity contribution is 6.05. The maximum atomic E-state index is 5.45. The van der Waals surface area contributed by atoms with Crippen LogP contribution in [0.2, 0.25) is 0 Å². The first-order chi connectivity index (χ1) is 9.26. The summed E-state index contributed by atoms with van der Waals surface area (Å²) in [5, 5.41) is 2.41. The van der Waals surface area contributed by atoms with Crippen LogP contribution in [0.5, 0.6) is 5.75 Å². The van der Waals surface area contributed by atoms with Gasteiger partial charge in [-0.3, -0.25) is 0 Å². The number of fused-ring (bicyclic) bond motifs is 1. The van der Waals surface area contributed by atoms with E-state index in [0.717, 1.165) is 24.2 Å². The van der Waals surface area contributed by atoms with Gasteiger partial charge in [0.2, 0.25) is 0 Å². The third-order valence-electron chi connectivity index (χ3n) is 3.70. The molecule has 2 radical (unpaired) electrons. The van der Waals surface area contributed by atoms with Crippen LogP contribution in [-0.2, 0) is 0 Å². The SMILES string of the molecule is [B]Oc1ccc2cccc(C)c2c1C(C=C)=C1CC1. The number of hydrogen-bond acceptors (Lipinski definition) is 1. The van der Waals surface area contributed by atoms with E-state index >= 15 is 0 Å². The van der Waals surface area contributed by atoms with Crippen LogP contribution in [0.1, 0.15) is 24.0 Å². The third kappa shape index (κ3) is 1.97. The Kier molecular flexibility index (Phi) is 2.94. The lowest BCUT2D eigenvalue weighted by Crippen LogP contribution is -1.95. The van der Waals surface area contributed by atoms with Crippen LogP contribution >= 0.6 is 0 Å². The lowest BCUT2D eigenvalue weighted by molar-refractivity contribution is 0.615. The van der Waals surface area contributed by atoms with Crippen molar-refractivity contribution in [2.75, 3.05) is 0 Å². The molecule has 3 rings (SSSR count). The lowest BCUT2D eigenvalue weighted by Gasteiger charge is -2.15. The minimum atomic E-state index is 0.719. The third-order valence-corrected chi connectivity index (χ3v) is 3.70. The van der Waals surface area contributed by atoms with E-state index in [2.05, 4.69) is 31.7 Å². The van der Waals surface area contributed by atoms with Gasteiger partial charge in [-0.15, -0.1) is 0 Å². The largest absolute Gasteiger partial charge is 0.567 e. The summed E-state index contributed by atoms with van der Waals surface area (Å²) in [6, 6.07) is 10.3. The van der Waals surface area contributed by atoms with E-state index in [1.54, 1.807) is 0 Å². The molecule has 0 atom stereocenters. The zero-order valence-corrected chi connectivity index (χ0v) is 11.1. The van der Waals surface area contributed by atoms with Crippen molar-refractivity contribution < 1.29 is 4.65 Å². The van der Waals surface area contributed by atoms with E-state index in [0.29, 0.717) is 0 Å². The Bertz CT molecular complexity index is 692. The highest BCUT2D eigenvalue weighted by atomic mass is 16.4. The van der Waals surface area contributed by atoms with E-state index in [1.165, 1.54) is 27.5 Å². The molecule has 0 aromatic heterocycles. The van der Waals surface area contributed by atoms with Crippen LogP contribution in [0.3, 0.4) is 0 Å². The lowest BCUT2D eigenvalue weighted by atomic mass is 9.93. The fourth-order valence-corrected chi connectivity index (χ4v) is 2.66. The van der Waals surface area contributed by atoms with Gasteiger partial charge in [-0.2, -0.15) is 0 Å². The number of hydrogen-bond donors (Lipinski definition) is 0. The first-order valence-electron chi connectivity index (χ1n) is 6.50. The summed E-state index contributed by atoms with van der Waals surface area (Å²) in [4.78, 5) is 0. The smallest absolute Gasteiger partial charge is 0.374 e. The van der Waals surface area contributed by atoms with Gasteiger partial charge in [0.1, 0.15) is 5.75 Å². The van der Waals surface area contributed by atoms with Crippen LogP contribution in [0.15, 0.2) is 48.6 Å². The van der Waals surface area contributed by atoms with Crippen molar-refractivity contribution in [2.24, 2.45) is 0 Å². The summed E-state index contributed by atoms with van der Waals surface area (Å²) in [7, 11) is 5.45. The molecule has 0 saturated heterocycles. The molecular formula is C17H15BO. The minimum Gasteiger partial charge on any atom is -0.567 e. The van der Waals surface area contributed by atoms with E-state index < -0.39 is 0 Å². The van der Waals surface area contributed by atoms with Crippen molar-refractivity contribution >= 4 is 24.4 Å². The van der Waals surface area contributed by atoms with Crippen LogP contribution < -0.4 is 4.65 Å². The van der Waals surface area contributed by atoms with Crippen LogP contribution in [-0.4, -0.2) is 8.05 Å². The van der Waals surface area contributed by atoms with Crippen LogP contribution in [0.25, 0.3) is 16.3 Å². The van der Waals surface area contributed by atoms with Gasteiger partial charge in [-0.05, 0) is 47.7 Å². The maximum absolute atomic E-state index is 5.45. The molecule has 2 aromatic carbocycles. The van der Waals surface area contributed by atoms with Gasteiger partial charge in [0.05, 0.1) is 0 Å². The minimum absolute atomic E-state index is 0.719. The molecule has 1 aliphatic rings. The molecule has 1 nitrogen and oxygen atoms in total. The van der Waals surface area contributed by atoms with Gasteiger partial charge in [-0.25, -0.2) is 0 Å². The Labute approximate surface area is 115 Å². The van der Waals surface area contributed by atoms with Gasteiger partial charge in [0.25, 0.3) is 0 Å². The first-order valence-corrected chi connectivity index (χ1v) is 6.50. The predicted octanol–water partition coefficient (Wildman–Crippen LogP) is 4.34. The van der Waals surface area contributed by atoms with Gasteiger partial charge in [-0.1, -0.05) is 42.5 Å². The Morgan fingerprint density at radius 3 is 2.68 bits per heavy atom. The second-order valence-corrected chi connectivity index (χ2v) is 4.95. The van der Waals surface area contributed by atoms with Crippen molar-refractivity contribution in [2.45, 2.75) is 19.8 Å². The van der Waals surface area contributed by atoms with Gasteiger partial charge in [0.15, 0.2) is 0 Å². The fraction of sp³-hybridized carbons (Fsp3) is 0.176. The topological polar surface area (TPSA) is 9.23 Å². The normalized spacial score (nSPS) is 13.4. The quantitative estimate of drug-likeness (QED) is 0.732. The Morgan fingerprint density at radius 2 is 2.05 bits per heavy atom. The molecule has 0 spiro atoms. The molecule has 0 N–H and O–H groups in total. The number of allylic oxidation sites excluding steroid dienone is 3. The van der Waals surface area contributed by atoms with Crippen LogP contribution in [0.4, 0.5) is 0 Å². The summed E-state index contributed by atoms with van der Waals surface area (Å²) in [6.07, 6.45) is 4.22. The molecule has 0 amide bonds. The fourth-order valence-electron chi connectivity index (χ4n) is 2.66. The molecule has 2 aromatic rings. The molecular weight excluding hydrogens is 231 g/mol. The summed E-state index contributed by atoms with van der Waals surface area (Å²) in [6.45, 7) is 6.07. The van der Waals surface area contributed by atoms with Crippen molar-refractivity contribution in [1.82, 2.24) is 0 Å². The first kappa shape index (κ1) is 12.1. The predicted molar refractivity (Wildman–Crippen MR) is 81.4 cm³/mol. The molecule has 92 valence electrons. The zero-order chi connectivity index (χ0) is 13.4. The van der Waals surface area contributed by atoms with E-state index in [4.69, 9.17) is 12.7 Å². The molecule has 1 saturated carbocycles. The molecule has 1 aliphatic carbocycles. The Balaban J connectivity index is 2.43. The van der Waals surface area contributed by atoms with Gasteiger partial charge >= 0.3 is 8.05 Å². The van der Waals surface area contributed by atoms with Crippen molar-refractivity contribution in [3.63, 3.8) is 0 Å². The van der Waals surface area contributed by atoms with Crippen molar-refractivity contribution in [3.8, 4) is 5.75 Å². The Hall–Kier alpha value is -1.96. The van der Waals surface area contributed by atoms with E-state index in [-0.39, 0.29) is 0 Å². The molecule has 19 heavy (non-hydrogen) atoms. The zero-order valence-electron chi connectivity index (χ0n) is 11.1. The van der Waals surface area contributed by atoms with Crippen molar-refractivity contribution in [3.05, 3.63) is 59.7 Å². The van der Waals surface area contributed by atoms with E-state index in [9.17, 15) is 0 Å². The summed E-state index contributed by atoms with van der Waals surface area (Å²) in [5.74, 6) is 0.719. The van der Waals surface area contributed by atoms with Crippen LogP contribution in [0, 0.1) is 6.92 Å². The number of benzene rings is 2. The molecule has 0 bridgehead atoms. The second kappa shape index (κ2) is 4.62. The number of rotatable bonds is 3. The summed E-state index contributed by atoms with van der Waals surface area (Å²) in [5.41, 5.74) is 4.93. The highest BCUT2D eigenvalue weighted by Gasteiger charge is 2.21. The Morgan fingerprint density at radius 1 is 1.26 bits per heavy atom. The maximum Gasteiger partial charge on any atom is 0.374 e. The van der Waals surface area contributed by atoms with Gasteiger partial charge in [0, 0.05) is 5.56 Å². The van der Waals surface area contributed by atoms with Gasteiger partial charge < -0.3 is 4.65 Å². The average molecular weight is 246 g/mol. The summed E-state index contributed by atoms with van der Waals surface area (Å²) < 4.78 is 5.09. The van der Waals surface area contributed by atoms with Crippen molar-refractivity contribution in [1.29, 1.82) is 0 Å².